The van der Waals surface area contributed by atoms with Gasteiger partial charge in [-0.25, -0.2) is 0 Å². The first-order valence-corrected chi connectivity index (χ1v) is 7.86. The van der Waals surface area contributed by atoms with Gasteiger partial charge in [-0.1, -0.05) is 19.3 Å². The Hall–Kier alpha value is -0.120. The molecule has 2 fully saturated rings. The predicted octanol–water partition coefficient (Wildman–Crippen LogP) is 2.48. The van der Waals surface area contributed by atoms with Gasteiger partial charge >= 0.3 is 0 Å². The van der Waals surface area contributed by atoms with Crippen LogP contribution in [0.5, 0.6) is 0 Å². The third kappa shape index (κ3) is 4.52. The van der Waals surface area contributed by atoms with Crippen molar-refractivity contribution >= 4 is 0 Å². The highest BCUT2D eigenvalue weighted by Crippen LogP contribution is 2.27. The van der Waals surface area contributed by atoms with Crippen LogP contribution < -0.4 is 5.32 Å². The summed E-state index contributed by atoms with van der Waals surface area (Å²) in [6.45, 7) is 2.21. The fraction of sp³-hybridized carbons (Fsp3) is 1.00. The minimum Gasteiger partial charge on any atom is -0.396 e. The molecule has 18 heavy (non-hydrogen) atoms. The maximum absolute atomic E-state index is 9.23. The smallest absolute Gasteiger partial charge is 0.0699 e. The molecule has 0 amide bonds. The standard InChI is InChI=1S/C15H29NO2/c17-10-9-15(13-6-2-1-3-7-13)16-12-14-8-4-5-11-18-14/h13-17H,1-12H2/t14-,15+/m0/s1. The summed E-state index contributed by atoms with van der Waals surface area (Å²) in [4.78, 5) is 0. The summed E-state index contributed by atoms with van der Waals surface area (Å²) >= 11 is 0. The first-order valence-electron chi connectivity index (χ1n) is 7.86. The molecule has 2 rings (SSSR count). The summed E-state index contributed by atoms with van der Waals surface area (Å²) < 4.78 is 5.77. The minimum absolute atomic E-state index is 0.305. The van der Waals surface area contributed by atoms with Crippen LogP contribution in [0.15, 0.2) is 0 Å². The van der Waals surface area contributed by atoms with E-state index < -0.39 is 0 Å². The van der Waals surface area contributed by atoms with Crippen LogP contribution in [0.4, 0.5) is 0 Å². The molecule has 3 heteroatoms. The summed E-state index contributed by atoms with van der Waals surface area (Å²) in [7, 11) is 0. The number of ether oxygens (including phenoxy) is 1. The van der Waals surface area contributed by atoms with Crippen LogP contribution in [0, 0.1) is 5.92 Å². The molecule has 1 aliphatic heterocycles. The van der Waals surface area contributed by atoms with Crippen molar-refractivity contribution in [3.05, 3.63) is 0 Å². The van der Waals surface area contributed by atoms with E-state index in [1.54, 1.807) is 0 Å². The molecule has 0 bridgehead atoms. The molecule has 2 aliphatic rings. The maximum atomic E-state index is 9.23. The van der Waals surface area contributed by atoms with Crippen LogP contribution in [0.2, 0.25) is 0 Å². The Balaban J connectivity index is 1.73. The number of hydrogen-bond acceptors (Lipinski definition) is 3. The number of hydrogen-bond donors (Lipinski definition) is 2. The highest BCUT2D eigenvalue weighted by molar-refractivity contribution is 4.80. The van der Waals surface area contributed by atoms with Crippen LogP contribution in [0.3, 0.4) is 0 Å². The number of aliphatic hydroxyl groups is 1. The van der Waals surface area contributed by atoms with Crippen LogP contribution in [0.25, 0.3) is 0 Å². The molecule has 0 aromatic rings. The molecule has 1 saturated heterocycles. The van der Waals surface area contributed by atoms with Gasteiger partial charge in [0.15, 0.2) is 0 Å². The first-order chi connectivity index (χ1) is 8.90. The Morgan fingerprint density at radius 1 is 1.06 bits per heavy atom. The molecule has 1 heterocycles. The molecule has 0 spiro atoms. The second-order valence-corrected chi connectivity index (χ2v) is 5.91. The Morgan fingerprint density at radius 3 is 2.50 bits per heavy atom. The average Bonchev–Trinajstić information content (AvgIpc) is 2.45. The Bertz CT molecular complexity index is 211. The third-order valence-electron chi connectivity index (χ3n) is 4.54. The molecule has 106 valence electrons. The quantitative estimate of drug-likeness (QED) is 0.766. The van der Waals surface area contributed by atoms with Gasteiger partial charge in [0.2, 0.25) is 0 Å². The molecule has 3 nitrogen and oxygen atoms in total. The SMILES string of the molecule is OCC[C@@H](NC[C@@H]1CCCCO1)C1CCCCC1. The highest BCUT2D eigenvalue weighted by atomic mass is 16.5. The minimum atomic E-state index is 0.305. The molecule has 2 N–H and O–H groups in total. The summed E-state index contributed by atoms with van der Waals surface area (Å²) in [6.07, 6.45) is 11.8. The van der Waals surface area contributed by atoms with Gasteiger partial charge in [0.05, 0.1) is 6.10 Å². The van der Waals surface area contributed by atoms with E-state index in [9.17, 15) is 5.11 Å². The topological polar surface area (TPSA) is 41.5 Å². The summed E-state index contributed by atoms with van der Waals surface area (Å²) in [5.74, 6) is 0.773. The van der Waals surface area contributed by atoms with Crippen LogP contribution in [-0.2, 0) is 4.74 Å². The normalized spacial score (nSPS) is 28.2. The van der Waals surface area contributed by atoms with Crippen molar-refractivity contribution in [3.63, 3.8) is 0 Å². The van der Waals surface area contributed by atoms with Gasteiger partial charge in [0, 0.05) is 25.8 Å². The first kappa shape index (κ1) is 14.3. The third-order valence-corrected chi connectivity index (χ3v) is 4.54. The van der Waals surface area contributed by atoms with Gasteiger partial charge in [0.25, 0.3) is 0 Å². The van der Waals surface area contributed by atoms with Crippen molar-refractivity contribution in [1.82, 2.24) is 5.32 Å². The van der Waals surface area contributed by atoms with Crippen molar-refractivity contribution in [3.8, 4) is 0 Å². The average molecular weight is 255 g/mol. The Kier molecular flexibility index (Phi) is 6.46. The number of nitrogens with one attached hydrogen (secondary N) is 1. The van der Waals surface area contributed by atoms with Gasteiger partial charge in [0.1, 0.15) is 0 Å². The molecule has 0 aromatic heterocycles. The van der Waals surface area contributed by atoms with Crippen molar-refractivity contribution in [1.29, 1.82) is 0 Å². The van der Waals surface area contributed by atoms with Crippen molar-refractivity contribution in [2.45, 2.75) is 69.9 Å². The summed E-state index contributed by atoms with van der Waals surface area (Å²) in [6, 6.07) is 0.501. The van der Waals surface area contributed by atoms with Gasteiger partial charge in [-0.2, -0.15) is 0 Å². The molecular weight excluding hydrogens is 226 g/mol. The van der Waals surface area contributed by atoms with Gasteiger partial charge < -0.3 is 15.2 Å². The van der Waals surface area contributed by atoms with Crippen molar-refractivity contribution < 1.29 is 9.84 Å². The maximum Gasteiger partial charge on any atom is 0.0699 e. The number of rotatable bonds is 6. The lowest BCUT2D eigenvalue weighted by molar-refractivity contribution is 0.0130. The Labute approximate surface area is 111 Å². The van der Waals surface area contributed by atoms with E-state index in [0.29, 0.717) is 18.8 Å². The highest BCUT2D eigenvalue weighted by Gasteiger charge is 2.24. The van der Waals surface area contributed by atoms with E-state index in [4.69, 9.17) is 4.74 Å². The van der Waals surface area contributed by atoms with Gasteiger partial charge in [-0.15, -0.1) is 0 Å². The zero-order valence-corrected chi connectivity index (χ0v) is 11.6. The van der Waals surface area contributed by atoms with Crippen LogP contribution in [0.1, 0.15) is 57.8 Å². The zero-order chi connectivity index (χ0) is 12.6. The lowest BCUT2D eigenvalue weighted by Crippen LogP contribution is -2.43. The summed E-state index contributed by atoms with van der Waals surface area (Å²) in [5, 5.41) is 12.9. The van der Waals surface area contributed by atoms with E-state index in [0.717, 1.165) is 25.5 Å². The summed E-state index contributed by atoms with van der Waals surface area (Å²) in [5.41, 5.74) is 0. The molecule has 0 unspecified atom stereocenters. The molecule has 2 atom stereocenters. The van der Waals surface area contributed by atoms with Crippen LogP contribution in [-0.4, -0.2) is 37.0 Å². The van der Waals surface area contributed by atoms with E-state index in [2.05, 4.69) is 5.32 Å². The van der Waals surface area contributed by atoms with E-state index in [1.807, 2.05) is 0 Å². The largest absolute Gasteiger partial charge is 0.396 e. The predicted molar refractivity (Wildman–Crippen MR) is 73.7 cm³/mol. The molecule has 1 saturated carbocycles. The lowest BCUT2D eigenvalue weighted by atomic mass is 9.82. The van der Waals surface area contributed by atoms with Crippen molar-refractivity contribution in [2.75, 3.05) is 19.8 Å². The van der Waals surface area contributed by atoms with Crippen molar-refractivity contribution in [2.24, 2.45) is 5.92 Å². The second-order valence-electron chi connectivity index (χ2n) is 5.91. The zero-order valence-electron chi connectivity index (χ0n) is 11.6. The fourth-order valence-electron chi connectivity index (χ4n) is 3.43. The molecule has 1 aliphatic carbocycles. The number of aliphatic hydroxyl groups excluding tert-OH is 1. The molecule has 0 aromatic carbocycles. The van der Waals surface area contributed by atoms with Gasteiger partial charge in [-0.05, 0) is 44.4 Å². The monoisotopic (exact) mass is 255 g/mol. The second kappa shape index (κ2) is 8.13. The lowest BCUT2D eigenvalue weighted by Gasteiger charge is -2.32. The fourth-order valence-corrected chi connectivity index (χ4v) is 3.43. The molecular formula is C15H29NO2. The van der Waals surface area contributed by atoms with Gasteiger partial charge in [-0.3, -0.25) is 0 Å². The van der Waals surface area contributed by atoms with E-state index in [1.165, 1.54) is 51.4 Å². The van der Waals surface area contributed by atoms with E-state index >= 15 is 0 Å². The Morgan fingerprint density at radius 2 is 1.83 bits per heavy atom. The molecule has 0 radical (unpaired) electrons. The van der Waals surface area contributed by atoms with Crippen LogP contribution >= 0.6 is 0 Å². The van der Waals surface area contributed by atoms with E-state index in [-0.39, 0.29) is 0 Å².